The molecule has 0 saturated carbocycles. The fraction of sp³-hybridized carbons (Fsp3) is 0.294. The van der Waals surface area contributed by atoms with Crippen LogP contribution in [0, 0.1) is 6.92 Å². The third-order valence-electron chi connectivity index (χ3n) is 4.09. The molecule has 1 fully saturated rings. The molecule has 118 valence electrons. The van der Waals surface area contributed by atoms with Crippen LogP contribution in [0.15, 0.2) is 36.5 Å². The first kappa shape index (κ1) is 14.0. The van der Waals surface area contributed by atoms with Crippen molar-refractivity contribution in [2.75, 3.05) is 36.5 Å². The van der Waals surface area contributed by atoms with E-state index in [2.05, 4.69) is 37.3 Å². The Balaban J connectivity index is 1.61. The lowest BCUT2D eigenvalue weighted by Gasteiger charge is -2.28. The van der Waals surface area contributed by atoms with Crippen molar-refractivity contribution >= 4 is 28.5 Å². The minimum absolute atomic E-state index is 0.709. The van der Waals surface area contributed by atoms with Crippen molar-refractivity contribution in [3.05, 3.63) is 42.1 Å². The first-order chi connectivity index (χ1) is 11.3. The van der Waals surface area contributed by atoms with Crippen molar-refractivity contribution in [3.63, 3.8) is 0 Å². The maximum Gasteiger partial charge on any atom is 0.206 e. The van der Waals surface area contributed by atoms with Crippen molar-refractivity contribution in [1.82, 2.24) is 15.0 Å². The summed E-state index contributed by atoms with van der Waals surface area (Å²) in [5.74, 6) is 1.53. The van der Waals surface area contributed by atoms with Gasteiger partial charge in [-0.3, -0.25) is 0 Å². The number of nitrogens with zero attached hydrogens (tertiary/aromatic N) is 3. The van der Waals surface area contributed by atoms with E-state index in [0.29, 0.717) is 5.95 Å². The molecule has 2 aromatic heterocycles. The van der Waals surface area contributed by atoms with E-state index in [0.717, 1.165) is 48.7 Å². The summed E-state index contributed by atoms with van der Waals surface area (Å²) in [6.07, 6.45) is 1.77. The molecule has 4 rings (SSSR count). The number of aromatic amines is 1. The number of anilines is 3. The quantitative estimate of drug-likeness (QED) is 0.779. The van der Waals surface area contributed by atoms with Crippen LogP contribution in [0.2, 0.25) is 0 Å². The molecule has 6 nitrogen and oxygen atoms in total. The van der Waals surface area contributed by atoms with Gasteiger partial charge in [-0.1, -0.05) is 6.07 Å². The van der Waals surface area contributed by atoms with Crippen LogP contribution in [0.3, 0.4) is 0 Å². The van der Waals surface area contributed by atoms with E-state index >= 15 is 0 Å². The van der Waals surface area contributed by atoms with Crippen LogP contribution in [0.4, 0.5) is 17.5 Å². The topological polar surface area (TPSA) is 66.1 Å². The monoisotopic (exact) mass is 309 g/mol. The van der Waals surface area contributed by atoms with Crippen molar-refractivity contribution in [2.45, 2.75) is 6.92 Å². The number of nitrogens with one attached hydrogen (secondary N) is 2. The average molecular weight is 309 g/mol. The Morgan fingerprint density at radius 1 is 1.22 bits per heavy atom. The highest BCUT2D eigenvalue weighted by Gasteiger charge is 2.13. The maximum atomic E-state index is 5.41. The summed E-state index contributed by atoms with van der Waals surface area (Å²) in [5, 5.41) is 3.25. The molecule has 1 aromatic carbocycles. The molecule has 0 aliphatic carbocycles. The Labute approximate surface area is 134 Å². The van der Waals surface area contributed by atoms with Gasteiger partial charge in [0.15, 0.2) is 0 Å². The van der Waals surface area contributed by atoms with Gasteiger partial charge in [0.2, 0.25) is 5.95 Å². The van der Waals surface area contributed by atoms with Gasteiger partial charge in [0.25, 0.3) is 0 Å². The molecule has 0 amide bonds. The highest BCUT2D eigenvalue weighted by atomic mass is 16.5. The van der Waals surface area contributed by atoms with Crippen molar-refractivity contribution in [2.24, 2.45) is 0 Å². The second-order valence-electron chi connectivity index (χ2n) is 5.68. The van der Waals surface area contributed by atoms with Gasteiger partial charge < -0.3 is 19.9 Å². The first-order valence-electron chi connectivity index (χ1n) is 7.81. The van der Waals surface area contributed by atoms with E-state index in [4.69, 9.17) is 4.74 Å². The third-order valence-corrected chi connectivity index (χ3v) is 4.09. The lowest BCUT2D eigenvalue weighted by atomic mass is 10.2. The average Bonchev–Trinajstić information content (AvgIpc) is 2.99. The summed E-state index contributed by atoms with van der Waals surface area (Å²) >= 11 is 0. The van der Waals surface area contributed by atoms with Gasteiger partial charge in [0.1, 0.15) is 5.82 Å². The lowest BCUT2D eigenvalue weighted by molar-refractivity contribution is 0.122. The zero-order chi connectivity index (χ0) is 15.6. The van der Waals surface area contributed by atoms with E-state index in [1.54, 1.807) is 6.20 Å². The van der Waals surface area contributed by atoms with Crippen molar-refractivity contribution < 1.29 is 4.74 Å². The number of imidazole rings is 1. The third kappa shape index (κ3) is 2.85. The van der Waals surface area contributed by atoms with Crippen LogP contribution < -0.4 is 10.2 Å². The normalized spacial score (nSPS) is 15.1. The van der Waals surface area contributed by atoms with E-state index < -0.39 is 0 Å². The SMILES string of the molecule is Cc1cccnc1Nc1nc2ccc(N3CCOCC3)cc2[nH]1. The lowest BCUT2D eigenvalue weighted by Crippen LogP contribution is -2.36. The number of pyridine rings is 1. The molecule has 23 heavy (non-hydrogen) atoms. The number of benzene rings is 1. The Morgan fingerprint density at radius 2 is 2.09 bits per heavy atom. The number of hydrogen-bond donors (Lipinski definition) is 2. The maximum absolute atomic E-state index is 5.41. The second-order valence-corrected chi connectivity index (χ2v) is 5.68. The van der Waals surface area contributed by atoms with Crippen molar-refractivity contribution in [1.29, 1.82) is 0 Å². The van der Waals surface area contributed by atoms with Crippen LogP contribution in [0.5, 0.6) is 0 Å². The van der Waals surface area contributed by atoms with Crippen molar-refractivity contribution in [3.8, 4) is 0 Å². The van der Waals surface area contributed by atoms with Gasteiger partial charge in [-0.2, -0.15) is 0 Å². The highest BCUT2D eigenvalue weighted by Crippen LogP contribution is 2.24. The number of fused-ring (bicyclic) bond motifs is 1. The predicted octanol–water partition coefficient (Wildman–Crippen LogP) is 2.85. The summed E-state index contributed by atoms with van der Waals surface area (Å²) in [6, 6.07) is 10.3. The molecule has 3 heterocycles. The smallest absolute Gasteiger partial charge is 0.206 e. The molecule has 3 aromatic rings. The molecule has 0 unspecified atom stereocenters. The van der Waals surface area contributed by atoms with Gasteiger partial charge in [-0.25, -0.2) is 9.97 Å². The first-order valence-corrected chi connectivity index (χ1v) is 7.81. The molecule has 6 heteroatoms. The molecular formula is C17H19N5O. The van der Waals surface area contributed by atoms with Crippen LogP contribution in [-0.2, 0) is 4.74 Å². The summed E-state index contributed by atoms with van der Waals surface area (Å²) < 4.78 is 5.41. The molecule has 0 atom stereocenters. The molecule has 0 bridgehead atoms. The van der Waals surface area contributed by atoms with Gasteiger partial charge in [0.05, 0.1) is 24.2 Å². The molecule has 2 N–H and O–H groups in total. The summed E-state index contributed by atoms with van der Waals surface area (Å²) in [6.45, 7) is 5.45. The highest BCUT2D eigenvalue weighted by molar-refractivity contribution is 5.82. The fourth-order valence-electron chi connectivity index (χ4n) is 2.80. The zero-order valence-corrected chi connectivity index (χ0v) is 13.0. The predicted molar refractivity (Wildman–Crippen MR) is 91.4 cm³/mol. The number of ether oxygens (including phenoxy) is 1. The number of rotatable bonds is 3. The van der Waals surface area contributed by atoms with Gasteiger partial charge >= 0.3 is 0 Å². The van der Waals surface area contributed by atoms with Gasteiger partial charge in [-0.15, -0.1) is 0 Å². The Bertz CT molecular complexity index is 823. The largest absolute Gasteiger partial charge is 0.378 e. The Morgan fingerprint density at radius 3 is 2.91 bits per heavy atom. The van der Waals surface area contributed by atoms with Crippen LogP contribution >= 0.6 is 0 Å². The van der Waals surface area contributed by atoms with E-state index in [1.165, 1.54) is 5.69 Å². The number of H-pyrrole nitrogens is 1. The molecule has 0 radical (unpaired) electrons. The van der Waals surface area contributed by atoms with Gasteiger partial charge in [-0.05, 0) is 36.8 Å². The van der Waals surface area contributed by atoms with E-state index in [1.807, 2.05) is 25.1 Å². The van der Waals surface area contributed by atoms with Crippen LogP contribution in [0.1, 0.15) is 5.56 Å². The Kier molecular flexibility index (Phi) is 3.59. The molecule has 1 aliphatic rings. The zero-order valence-electron chi connectivity index (χ0n) is 13.0. The molecular weight excluding hydrogens is 290 g/mol. The second kappa shape index (κ2) is 5.89. The van der Waals surface area contributed by atoms with E-state index in [9.17, 15) is 0 Å². The standard InChI is InChI=1S/C17H19N5O/c1-12-3-2-6-18-16(12)21-17-19-14-5-4-13(11-15(14)20-17)22-7-9-23-10-8-22/h2-6,11H,7-10H2,1H3,(H2,18,19,20,21). The van der Waals surface area contributed by atoms with Crippen LogP contribution in [-0.4, -0.2) is 41.3 Å². The van der Waals surface area contributed by atoms with Gasteiger partial charge in [0, 0.05) is 25.0 Å². The summed E-state index contributed by atoms with van der Waals surface area (Å²) in [7, 11) is 0. The molecule has 1 saturated heterocycles. The number of aryl methyl sites for hydroxylation is 1. The van der Waals surface area contributed by atoms with E-state index in [-0.39, 0.29) is 0 Å². The summed E-state index contributed by atoms with van der Waals surface area (Å²) in [4.78, 5) is 14.6. The number of aromatic nitrogens is 3. The van der Waals surface area contributed by atoms with Crippen LogP contribution in [0.25, 0.3) is 11.0 Å². The summed E-state index contributed by atoms with van der Waals surface area (Å²) in [5.41, 5.74) is 4.25. The number of hydrogen-bond acceptors (Lipinski definition) is 5. The number of morpholine rings is 1. The fourth-order valence-corrected chi connectivity index (χ4v) is 2.80. The minimum Gasteiger partial charge on any atom is -0.378 e. The molecule has 1 aliphatic heterocycles. The molecule has 0 spiro atoms. The Hall–Kier alpha value is -2.60. The minimum atomic E-state index is 0.709.